The Kier molecular flexibility index (Phi) is 13.2. The Labute approximate surface area is 232 Å². The summed E-state index contributed by atoms with van der Waals surface area (Å²) < 4.78 is 10.6. The molecule has 0 spiro atoms. The number of amides is 1. The van der Waals surface area contributed by atoms with Gasteiger partial charge in [-0.3, -0.25) is 4.79 Å². The molecule has 0 unspecified atom stereocenters. The van der Waals surface area contributed by atoms with E-state index in [1.807, 2.05) is 48.5 Å². The Morgan fingerprint density at radius 3 is 2.15 bits per heavy atom. The number of rotatable bonds is 18. The molecule has 0 saturated carbocycles. The summed E-state index contributed by atoms with van der Waals surface area (Å²) in [6.45, 7) is 3.51. The van der Waals surface area contributed by atoms with E-state index in [2.05, 4.69) is 36.2 Å². The Morgan fingerprint density at radius 1 is 0.821 bits per heavy atom. The maximum atomic E-state index is 12.2. The standard InChI is InChI=1S/C26H35ClN8O4/c27-21-5-1-20(2-6-21)18-31-25-33-24(30-10-12-36)34-26(35-25)32-22-7-3-19(4-8-22)17-23(37)29-11-14-39-16-15-38-13-9-28/h1-8,36H,9-18,28H2,(H,29,37)(H3,30,31,32,33,34,35). The second-order valence-corrected chi connectivity index (χ2v) is 8.74. The third kappa shape index (κ3) is 11.8. The van der Waals surface area contributed by atoms with Gasteiger partial charge in [-0.1, -0.05) is 35.9 Å². The summed E-state index contributed by atoms with van der Waals surface area (Å²) in [5.74, 6) is 0.916. The number of aliphatic hydroxyl groups excluding tert-OH is 1. The first-order chi connectivity index (χ1) is 19.1. The summed E-state index contributed by atoms with van der Waals surface area (Å²) in [7, 11) is 0. The van der Waals surface area contributed by atoms with Gasteiger partial charge in [-0.2, -0.15) is 15.0 Å². The molecule has 12 nitrogen and oxygen atoms in total. The molecule has 13 heteroatoms. The number of benzene rings is 2. The van der Waals surface area contributed by atoms with E-state index >= 15 is 0 Å². The minimum Gasteiger partial charge on any atom is -0.395 e. The third-order valence-corrected chi connectivity index (χ3v) is 5.42. The van der Waals surface area contributed by atoms with Gasteiger partial charge in [0.2, 0.25) is 23.8 Å². The fourth-order valence-corrected chi connectivity index (χ4v) is 3.42. The van der Waals surface area contributed by atoms with Gasteiger partial charge in [0.25, 0.3) is 0 Å². The van der Waals surface area contributed by atoms with Crippen LogP contribution in [0.3, 0.4) is 0 Å². The number of aromatic nitrogens is 3. The molecule has 1 heterocycles. The topological polar surface area (TPSA) is 169 Å². The summed E-state index contributed by atoms with van der Waals surface area (Å²) in [4.78, 5) is 25.4. The Bertz CT molecular complexity index is 1140. The van der Waals surface area contributed by atoms with Crippen LogP contribution in [0.25, 0.3) is 0 Å². The van der Waals surface area contributed by atoms with E-state index in [9.17, 15) is 4.79 Å². The molecule has 1 aromatic heterocycles. The quantitative estimate of drug-likeness (QED) is 0.126. The van der Waals surface area contributed by atoms with Crippen molar-refractivity contribution in [3.8, 4) is 0 Å². The first kappa shape index (κ1) is 30.0. The Morgan fingerprint density at radius 2 is 1.46 bits per heavy atom. The van der Waals surface area contributed by atoms with Gasteiger partial charge in [-0.15, -0.1) is 0 Å². The number of carbonyl (C=O) groups excluding carboxylic acids is 1. The van der Waals surface area contributed by atoms with Crippen molar-refractivity contribution in [3.63, 3.8) is 0 Å². The molecule has 3 rings (SSSR count). The highest BCUT2D eigenvalue weighted by Crippen LogP contribution is 2.18. The molecule has 0 fully saturated rings. The van der Waals surface area contributed by atoms with E-state index in [0.717, 1.165) is 16.8 Å². The summed E-state index contributed by atoms with van der Waals surface area (Å²) in [5, 5.41) is 22.0. The zero-order valence-corrected chi connectivity index (χ0v) is 22.4. The summed E-state index contributed by atoms with van der Waals surface area (Å²) in [6, 6.07) is 14.9. The molecule has 0 aliphatic heterocycles. The van der Waals surface area contributed by atoms with E-state index in [1.165, 1.54) is 0 Å². The average Bonchev–Trinajstić information content (AvgIpc) is 2.94. The predicted octanol–water partition coefficient (Wildman–Crippen LogP) is 1.94. The van der Waals surface area contributed by atoms with Crippen molar-refractivity contribution in [1.29, 1.82) is 0 Å². The van der Waals surface area contributed by atoms with Gasteiger partial charge in [-0.05, 0) is 35.4 Å². The molecule has 210 valence electrons. The number of halogens is 1. The van der Waals surface area contributed by atoms with Crippen molar-refractivity contribution < 1.29 is 19.4 Å². The number of carbonyl (C=O) groups is 1. The number of nitrogens with two attached hydrogens (primary N) is 1. The van der Waals surface area contributed by atoms with Gasteiger partial charge >= 0.3 is 0 Å². The molecule has 0 saturated heterocycles. The van der Waals surface area contributed by atoms with Crippen molar-refractivity contribution in [2.75, 3.05) is 68.6 Å². The average molecular weight is 559 g/mol. The lowest BCUT2D eigenvalue weighted by atomic mass is 10.1. The second-order valence-electron chi connectivity index (χ2n) is 8.30. The molecule has 0 aliphatic carbocycles. The molecule has 39 heavy (non-hydrogen) atoms. The van der Waals surface area contributed by atoms with E-state index in [1.54, 1.807) is 0 Å². The summed E-state index contributed by atoms with van der Waals surface area (Å²) in [6.07, 6.45) is 0.250. The maximum Gasteiger partial charge on any atom is 0.233 e. The van der Waals surface area contributed by atoms with E-state index in [-0.39, 0.29) is 18.9 Å². The van der Waals surface area contributed by atoms with Crippen molar-refractivity contribution in [1.82, 2.24) is 20.3 Å². The molecule has 0 aliphatic rings. The van der Waals surface area contributed by atoms with Crippen LogP contribution in [0.15, 0.2) is 48.5 Å². The lowest BCUT2D eigenvalue weighted by Crippen LogP contribution is -2.29. The molecular weight excluding hydrogens is 524 g/mol. The highest BCUT2D eigenvalue weighted by molar-refractivity contribution is 6.30. The van der Waals surface area contributed by atoms with Gasteiger partial charge in [0.1, 0.15) is 0 Å². The van der Waals surface area contributed by atoms with E-state index < -0.39 is 0 Å². The van der Waals surface area contributed by atoms with Crippen LogP contribution in [-0.2, 0) is 27.2 Å². The first-order valence-electron chi connectivity index (χ1n) is 12.6. The number of hydrogen-bond donors (Lipinski definition) is 6. The first-order valence-corrected chi connectivity index (χ1v) is 13.0. The van der Waals surface area contributed by atoms with Crippen molar-refractivity contribution in [3.05, 3.63) is 64.7 Å². The molecule has 0 radical (unpaired) electrons. The Balaban J connectivity index is 1.50. The van der Waals surface area contributed by atoms with Crippen molar-refractivity contribution >= 4 is 41.0 Å². The molecular formula is C26H35ClN8O4. The highest BCUT2D eigenvalue weighted by Gasteiger charge is 2.08. The molecule has 7 N–H and O–H groups in total. The molecule has 0 bridgehead atoms. The summed E-state index contributed by atoms with van der Waals surface area (Å²) >= 11 is 5.96. The lowest BCUT2D eigenvalue weighted by molar-refractivity contribution is -0.120. The number of aliphatic hydroxyl groups is 1. The van der Waals surface area contributed by atoms with Gasteiger partial charge in [-0.25, -0.2) is 0 Å². The number of nitrogens with zero attached hydrogens (tertiary/aromatic N) is 3. The van der Waals surface area contributed by atoms with Gasteiger partial charge in [0, 0.05) is 36.9 Å². The zero-order chi connectivity index (χ0) is 27.7. The molecule has 0 atom stereocenters. The van der Waals surface area contributed by atoms with Crippen LogP contribution < -0.4 is 27.0 Å². The fourth-order valence-electron chi connectivity index (χ4n) is 3.29. The number of anilines is 4. The van der Waals surface area contributed by atoms with Gasteiger partial charge < -0.3 is 41.6 Å². The van der Waals surface area contributed by atoms with Crippen molar-refractivity contribution in [2.24, 2.45) is 5.73 Å². The SMILES string of the molecule is NCCOCCOCCNC(=O)Cc1ccc(Nc2nc(NCCO)nc(NCc3ccc(Cl)cc3)n2)cc1. The van der Waals surface area contributed by atoms with Gasteiger partial charge in [0.15, 0.2) is 0 Å². The predicted molar refractivity (Wildman–Crippen MR) is 151 cm³/mol. The minimum absolute atomic E-state index is 0.0613. The lowest BCUT2D eigenvalue weighted by Gasteiger charge is -2.12. The molecule has 2 aromatic carbocycles. The van der Waals surface area contributed by atoms with Crippen LogP contribution in [0.5, 0.6) is 0 Å². The molecule has 3 aromatic rings. The van der Waals surface area contributed by atoms with Crippen LogP contribution >= 0.6 is 11.6 Å². The zero-order valence-electron chi connectivity index (χ0n) is 21.7. The van der Waals surface area contributed by atoms with Crippen LogP contribution in [0.1, 0.15) is 11.1 Å². The van der Waals surface area contributed by atoms with Crippen molar-refractivity contribution in [2.45, 2.75) is 13.0 Å². The van der Waals surface area contributed by atoms with E-state index in [0.29, 0.717) is 75.5 Å². The number of ether oxygens (including phenoxy) is 2. The molecule has 1 amide bonds. The fraction of sp³-hybridized carbons (Fsp3) is 0.385. The Hall–Kier alpha value is -3.55. The largest absolute Gasteiger partial charge is 0.395 e. The third-order valence-electron chi connectivity index (χ3n) is 5.17. The monoisotopic (exact) mass is 558 g/mol. The maximum absolute atomic E-state index is 12.2. The second kappa shape index (κ2) is 17.1. The normalized spacial score (nSPS) is 10.7. The highest BCUT2D eigenvalue weighted by atomic mass is 35.5. The van der Waals surface area contributed by atoms with Crippen LogP contribution in [0.2, 0.25) is 5.02 Å². The van der Waals surface area contributed by atoms with E-state index in [4.69, 9.17) is 31.9 Å². The minimum atomic E-state index is -0.0906. The van der Waals surface area contributed by atoms with Crippen LogP contribution in [0.4, 0.5) is 23.5 Å². The number of hydrogen-bond acceptors (Lipinski definition) is 11. The summed E-state index contributed by atoms with van der Waals surface area (Å²) in [5.41, 5.74) is 7.96. The smallest absolute Gasteiger partial charge is 0.233 e. The number of nitrogens with one attached hydrogen (secondary N) is 4. The van der Waals surface area contributed by atoms with Crippen LogP contribution in [-0.4, -0.2) is 78.6 Å². The van der Waals surface area contributed by atoms with Gasteiger partial charge in [0.05, 0.1) is 39.5 Å². The van der Waals surface area contributed by atoms with Crippen LogP contribution in [0, 0.1) is 0 Å².